The lowest BCUT2D eigenvalue weighted by Gasteiger charge is -2.04. The lowest BCUT2D eigenvalue weighted by atomic mass is 10.0. The van der Waals surface area contributed by atoms with Gasteiger partial charge < -0.3 is 0 Å². The molecule has 116 valence electrons. The van der Waals surface area contributed by atoms with Crippen LogP contribution in [0.25, 0.3) is 22.3 Å². The van der Waals surface area contributed by atoms with E-state index >= 15 is 0 Å². The summed E-state index contributed by atoms with van der Waals surface area (Å²) < 4.78 is 0. The normalized spacial score (nSPS) is 9.67. The Morgan fingerprint density at radius 2 is 0.417 bits per heavy atom. The summed E-state index contributed by atoms with van der Waals surface area (Å²) in [5, 5.41) is 0. The second-order valence-electron chi connectivity index (χ2n) is 5.46. The quantitative estimate of drug-likeness (QED) is 0.386. The zero-order valence-corrected chi connectivity index (χ0v) is 13.5. The predicted molar refractivity (Wildman–Crippen MR) is 104 cm³/mol. The molecular formula is C24H20. The van der Waals surface area contributed by atoms with E-state index in [2.05, 4.69) is 72.8 Å². The molecule has 0 spiro atoms. The standard InChI is InChI=1S/C18H14.C6H6/c1-3-7-15(8-4-1)17-11-13-18(14-12-17)16-9-5-2-6-10-16;1-2-4-6-5-3-1/h1-14H;1-6H. The van der Waals surface area contributed by atoms with E-state index in [0.29, 0.717) is 0 Å². The Morgan fingerprint density at radius 1 is 0.208 bits per heavy atom. The summed E-state index contributed by atoms with van der Waals surface area (Å²) in [6.07, 6.45) is 0. The summed E-state index contributed by atoms with van der Waals surface area (Å²) in [6.45, 7) is 0. The van der Waals surface area contributed by atoms with Gasteiger partial charge in [-0.3, -0.25) is 0 Å². The molecule has 0 nitrogen and oxygen atoms in total. The van der Waals surface area contributed by atoms with E-state index in [-0.39, 0.29) is 0 Å². The lowest BCUT2D eigenvalue weighted by molar-refractivity contribution is 1.59. The van der Waals surface area contributed by atoms with Crippen molar-refractivity contribution in [3.05, 3.63) is 121 Å². The van der Waals surface area contributed by atoms with Gasteiger partial charge in [0.2, 0.25) is 0 Å². The molecule has 0 aliphatic rings. The first-order valence-corrected chi connectivity index (χ1v) is 8.14. The first-order valence-electron chi connectivity index (χ1n) is 8.14. The zero-order valence-electron chi connectivity index (χ0n) is 13.5. The first-order chi connectivity index (χ1) is 11.9. The molecule has 0 atom stereocenters. The van der Waals surface area contributed by atoms with Crippen molar-refractivity contribution in [2.45, 2.75) is 0 Å². The van der Waals surface area contributed by atoms with Crippen LogP contribution in [-0.2, 0) is 0 Å². The maximum atomic E-state index is 2.18. The highest BCUT2D eigenvalue weighted by Crippen LogP contribution is 2.24. The zero-order chi connectivity index (χ0) is 16.5. The summed E-state index contributed by atoms with van der Waals surface area (Å²) in [6, 6.07) is 41.6. The van der Waals surface area contributed by atoms with Crippen LogP contribution in [0.3, 0.4) is 0 Å². The van der Waals surface area contributed by atoms with Crippen LogP contribution in [-0.4, -0.2) is 0 Å². The van der Waals surface area contributed by atoms with Crippen molar-refractivity contribution >= 4 is 0 Å². The van der Waals surface area contributed by atoms with Crippen molar-refractivity contribution in [3.63, 3.8) is 0 Å². The van der Waals surface area contributed by atoms with Gasteiger partial charge in [-0.25, -0.2) is 0 Å². The van der Waals surface area contributed by atoms with Gasteiger partial charge in [-0.1, -0.05) is 121 Å². The van der Waals surface area contributed by atoms with Crippen LogP contribution in [0.2, 0.25) is 0 Å². The van der Waals surface area contributed by atoms with E-state index in [4.69, 9.17) is 0 Å². The van der Waals surface area contributed by atoms with Crippen LogP contribution in [0.4, 0.5) is 0 Å². The molecule has 4 rings (SSSR count). The molecule has 0 fully saturated rings. The van der Waals surface area contributed by atoms with Gasteiger partial charge in [0.05, 0.1) is 0 Å². The third-order valence-corrected chi connectivity index (χ3v) is 3.77. The highest BCUT2D eigenvalue weighted by molar-refractivity contribution is 5.70. The summed E-state index contributed by atoms with van der Waals surface area (Å²) >= 11 is 0. The van der Waals surface area contributed by atoms with Gasteiger partial charge in [-0.15, -0.1) is 0 Å². The van der Waals surface area contributed by atoms with Crippen molar-refractivity contribution in [2.24, 2.45) is 0 Å². The van der Waals surface area contributed by atoms with Crippen molar-refractivity contribution in [3.8, 4) is 22.3 Å². The topological polar surface area (TPSA) is 0 Å². The molecule has 0 N–H and O–H groups in total. The molecule has 0 radical (unpaired) electrons. The maximum absolute atomic E-state index is 2.18. The molecule has 0 amide bonds. The summed E-state index contributed by atoms with van der Waals surface area (Å²) in [7, 11) is 0. The highest BCUT2D eigenvalue weighted by Gasteiger charge is 1.98. The minimum absolute atomic E-state index is 1.26. The van der Waals surface area contributed by atoms with E-state index in [1.165, 1.54) is 22.3 Å². The minimum atomic E-state index is 1.26. The average Bonchev–Trinajstić information content (AvgIpc) is 2.71. The number of rotatable bonds is 2. The molecule has 0 aliphatic heterocycles. The van der Waals surface area contributed by atoms with Gasteiger partial charge in [0, 0.05) is 0 Å². The molecule has 24 heavy (non-hydrogen) atoms. The lowest BCUT2D eigenvalue weighted by Crippen LogP contribution is -1.79. The van der Waals surface area contributed by atoms with Crippen molar-refractivity contribution in [1.29, 1.82) is 0 Å². The minimum Gasteiger partial charge on any atom is -0.0623 e. The molecule has 0 heterocycles. The number of benzene rings is 4. The molecule has 0 saturated heterocycles. The summed E-state index contributed by atoms with van der Waals surface area (Å²) in [5.41, 5.74) is 5.04. The van der Waals surface area contributed by atoms with Crippen molar-refractivity contribution in [1.82, 2.24) is 0 Å². The molecule has 0 unspecified atom stereocenters. The Kier molecular flexibility index (Phi) is 5.58. The van der Waals surface area contributed by atoms with Gasteiger partial charge in [0.15, 0.2) is 0 Å². The molecule has 4 aromatic carbocycles. The Bertz CT molecular complexity index is 732. The average molecular weight is 308 g/mol. The van der Waals surface area contributed by atoms with Crippen LogP contribution in [0.5, 0.6) is 0 Å². The van der Waals surface area contributed by atoms with Gasteiger partial charge in [0.1, 0.15) is 0 Å². The predicted octanol–water partition coefficient (Wildman–Crippen LogP) is 6.71. The molecule has 0 aliphatic carbocycles. The first kappa shape index (κ1) is 15.8. The van der Waals surface area contributed by atoms with Gasteiger partial charge in [-0.2, -0.15) is 0 Å². The number of hydrogen-bond acceptors (Lipinski definition) is 0. The Morgan fingerprint density at radius 3 is 0.708 bits per heavy atom. The second-order valence-corrected chi connectivity index (χ2v) is 5.46. The van der Waals surface area contributed by atoms with Crippen LogP contribution >= 0.6 is 0 Å². The van der Waals surface area contributed by atoms with E-state index < -0.39 is 0 Å². The van der Waals surface area contributed by atoms with E-state index in [9.17, 15) is 0 Å². The maximum Gasteiger partial charge on any atom is -0.0184 e. The molecule has 0 aromatic heterocycles. The SMILES string of the molecule is c1ccc(-c2ccc(-c3ccccc3)cc2)cc1.c1ccccc1. The van der Waals surface area contributed by atoms with E-state index in [1.807, 2.05) is 48.5 Å². The highest BCUT2D eigenvalue weighted by atomic mass is 14.0. The molecular weight excluding hydrogens is 288 g/mol. The fraction of sp³-hybridized carbons (Fsp3) is 0. The van der Waals surface area contributed by atoms with Gasteiger partial charge >= 0.3 is 0 Å². The van der Waals surface area contributed by atoms with Crippen LogP contribution in [0, 0.1) is 0 Å². The second kappa shape index (κ2) is 8.50. The monoisotopic (exact) mass is 308 g/mol. The van der Waals surface area contributed by atoms with Gasteiger partial charge in [0.25, 0.3) is 0 Å². The Balaban J connectivity index is 0.000000238. The molecule has 4 aromatic rings. The van der Waals surface area contributed by atoms with Crippen molar-refractivity contribution < 1.29 is 0 Å². The van der Waals surface area contributed by atoms with E-state index in [1.54, 1.807) is 0 Å². The Hall–Kier alpha value is -3.12. The third-order valence-electron chi connectivity index (χ3n) is 3.77. The largest absolute Gasteiger partial charge is 0.0623 e. The molecule has 0 saturated carbocycles. The summed E-state index contributed by atoms with van der Waals surface area (Å²) in [4.78, 5) is 0. The smallest absolute Gasteiger partial charge is 0.0184 e. The number of hydrogen-bond donors (Lipinski definition) is 0. The van der Waals surface area contributed by atoms with Crippen LogP contribution < -0.4 is 0 Å². The van der Waals surface area contributed by atoms with Crippen LogP contribution in [0.15, 0.2) is 121 Å². The van der Waals surface area contributed by atoms with Crippen LogP contribution in [0.1, 0.15) is 0 Å². The van der Waals surface area contributed by atoms with Gasteiger partial charge in [-0.05, 0) is 22.3 Å². The molecule has 0 bridgehead atoms. The fourth-order valence-electron chi connectivity index (χ4n) is 2.50. The fourth-order valence-corrected chi connectivity index (χ4v) is 2.50. The van der Waals surface area contributed by atoms with E-state index in [0.717, 1.165) is 0 Å². The van der Waals surface area contributed by atoms with Crippen molar-refractivity contribution in [2.75, 3.05) is 0 Å². The summed E-state index contributed by atoms with van der Waals surface area (Å²) in [5.74, 6) is 0. The Labute approximate surface area is 144 Å². The molecule has 0 heteroatoms. The third kappa shape index (κ3) is 4.44.